The number of rotatable bonds is 5. The van der Waals surface area contributed by atoms with Gasteiger partial charge >= 0.3 is 0 Å². The fraction of sp³-hybridized carbons (Fsp3) is 0.250. The largest absolute Gasteiger partial charge is 0.496 e. The van der Waals surface area contributed by atoms with E-state index in [2.05, 4.69) is 0 Å². The van der Waals surface area contributed by atoms with Gasteiger partial charge in [0.2, 0.25) is 0 Å². The van der Waals surface area contributed by atoms with Gasteiger partial charge in [0.25, 0.3) is 0 Å². The van der Waals surface area contributed by atoms with Crippen molar-refractivity contribution < 1.29 is 4.74 Å². The van der Waals surface area contributed by atoms with E-state index in [4.69, 9.17) is 33.7 Å². The number of hydrogen-bond acceptors (Lipinski definition) is 2. The Bertz CT molecular complexity index is 586. The van der Waals surface area contributed by atoms with Crippen molar-refractivity contribution in [1.29, 1.82) is 0 Å². The highest BCUT2D eigenvalue weighted by Gasteiger charge is 2.10. The molecule has 0 amide bonds. The van der Waals surface area contributed by atoms with Crippen LogP contribution in [0.5, 0.6) is 5.75 Å². The van der Waals surface area contributed by atoms with Crippen LogP contribution in [0.3, 0.4) is 0 Å². The van der Waals surface area contributed by atoms with Crippen LogP contribution in [0.25, 0.3) is 0 Å². The molecule has 0 aromatic heterocycles. The van der Waals surface area contributed by atoms with Crippen LogP contribution in [-0.2, 0) is 12.8 Å². The quantitative estimate of drug-likeness (QED) is 0.902. The molecule has 0 aliphatic heterocycles. The van der Waals surface area contributed by atoms with E-state index in [1.165, 1.54) is 0 Å². The summed E-state index contributed by atoms with van der Waals surface area (Å²) in [5, 5.41) is 1.13. The summed E-state index contributed by atoms with van der Waals surface area (Å²) in [7, 11) is 1.67. The molecule has 0 spiro atoms. The molecule has 0 heterocycles. The van der Waals surface area contributed by atoms with Crippen molar-refractivity contribution in [2.24, 2.45) is 5.73 Å². The van der Waals surface area contributed by atoms with Gasteiger partial charge in [-0.25, -0.2) is 0 Å². The first-order valence-electron chi connectivity index (χ1n) is 6.41. The highest BCUT2D eigenvalue weighted by Crippen LogP contribution is 2.24. The molecule has 0 fully saturated rings. The summed E-state index contributed by atoms with van der Waals surface area (Å²) in [5.41, 5.74) is 8.42. The molecule has 0 bridgehead atoms. The molecule has 0 saturated carbocycles. The van der Waals surface area contributed by atoms with Gasteiger partial charge in [0.1, 0.15) is 5.75 Å². The Hall–Kier alpha value is -1.22. The lowest BCUT2D eigenvalue weighted by Crippen LogP contribution is -2.25. The second-order valence-corrected chi connectivity index (χ2v) is 5.54. The molecule has 2 aromatic rings. The second kappa shape index (κ2) is 6.98. The molecule has 1 unspecified atom stereocenters. The minimum absolute atomic E-state index is 0.00328. The van der Waals surface area contributed by atoms with Crippen molar-refractivity contribution in [3.63, 3.8) is 0 Å². The first kappa shape index (κ1) is 15.2. The zero-order valence-electron chi connectivity index (χ0n) is 11.3. The van der Waals surface area contributed by atoms with Crippen LogP contribution in [0.1, 0.15) is 11.1 Å². The van der Waals surface area contributed by atoms with Crippen molar-refractivity contribution in [2.45, 2.75) is 18.9 Å². The molecule has 106 valence electrons. The van der Waals surface area contributed by atoms with Gasteiger partial charge in [0.05, 0.1) is 17.2 Å². The average molecular weight is 310 g/mol. The van der Waals surface area contributed by atoms with Crippen molar-refractivity contribution >= 4 is 23.2 Å². The normalized spacial score (nSPS) is 12.2. The molecule has 2 nitrogen and oxygen atoms in total. The Kier molecular flexibility index (Phi) is 5.30. The lowest BCUT2D eigenvalue weighted by atomic mass is 9.99. The Morgan fingerprint density at radius 1 is 1.05 bits per heavy atom. The van der Waals surface area contributed by atoms with Crippen LogP contribution in [0.4, 0.5) is 0 Å². The van der Waals surface area contributed by atoms with Gasteiger partial charge in [-0.3, -0.25) is 0 Å². The second-order valence-electron chi connectivity index (χ2n) is 4.73. The molecule has 2 rings (SSSR count). The van der Waals surface area contributed by atoms with E-state index in [9.17, 15) is 0 Å². The van der Waals surface area contributed by atoms with Gasteiger partial charge in [-0.2, -0.15) is 0 Å². The summed E-state index contributed by atoms with van der Waals surface area (Å²) in [4.78, 5) is 0. The number of halogens is 2. The molecular formula is C16H17Cl2NO. The Balaban J connectivity index is 2.05. The zero-order chi connectivity index (χ0) is 14.5. The van der Waals surface area contributed by atoms with Crippen molar-refractivity contribution in [3.05, 3.63) is 63.6 Å². The smallest absolute Gasteiger partial charge is 0.122 e. The third-order valence-electron chi connectivity index (χ3n) is 3.16. The fourth-order valence-corrected chi connectivity index (χ4v) is 2.52. The number of methoxy groups -OCH3 is 1. The first-order chi connectivity index (χ1) is 9.60. The van der Waals surface area contributed by atoms with Gasteiger partial charge in [-0.15, -0.1) is 0 Å². The SMILES string of the molecule is COc1ccccc1CC(N)Cc1ccc(Cl)c(Cl)c1. The van der Waals surface area contributed by atoms with Gasteiger partial charge in [-0.05, 0) is 42.2 Å². The molecule has 0 aliphatic carbocycles. The maximum absolute atomic E-state index is 6.22. The summed E-state index contributed by atoms with van der Waals surface area (Å²) >= 11 is 11.9. The number of nitrogens with two attached hydrogens (primary N) is 1. The molecular weight excluding hydrogens is 293 g/mol. The van der Waals surface area contributed by atoms with Crippen molar-refractivity contribution in [2.75, 3.05) is 7.11 Å². The van der Waals surface area contributed by atoms with Gasteiger partial charge in [-0.1, -0.05) is 47.5 Å². The van der Waals surface area contributed by atoms with E-state index < -0.39 is 0 Å². The van der Waals surface area contributed by atoms with Gasteiger partial charge < -0.3 is 10.5 Å². The Morgan fingerprint density at radius 3 is 2.50 bits per heavy atom. The Morgan fingerprint density at radius 2 is 1.80 bits per heavy atom. The molecule has 2 N–H and O–H groups in total. The maximum atomic E-state index is 6.22. The third-order valence-corrected chi connectivity index (χ3v) is 3.90. The lowest BCUT2D eigenvalue weighted by Gasteiger charge is -2.14. The standard InChI is InChI=1S/C16H17Cl2NO/c1-20-16-5-3-2-4-12(16)10-13(19)8-11-6-7-14(17)15(18)9-11/h2-7,9,13H,8,10,19H2,1H3. The van der Waals surface area contributed by atoms with Crippen molar-refractivity contribution in [3.8, 4) is 5.75 Å². The monoisotopic (exact) mass is 309 g/mol. The average Bonchev–Trinajstić information content (AvgIpc) is 2.43. The predicted molar refractivity (Wildman–Crippen MR) is 84.8 cm³/mol. The zero-order valence-corrected chi connectivity index (χ0v) is 12.8. The highest BCUT2D eigenvalue weighted by atomic mass is 35.5. The summed E-state index contributed by atoms with van der Waals surface area (Å²) in [5.74, 6) is 0.872. The lowest BCUT2D eigenvalue weighted by molar-refractivity contribution is 0.408. The third kappa shape index (κ3) is 3.89. The molecule has 20 heavy (non-hydrogen) atoms. The van der Waals surface area contributed by atoms with Crippen LogP contribution in [0.2, 0.25) is 10.0 Å². The summed E-state index contributed by atoms with van der Waals surface area (Å²) in [6.07, 6.45) is 1.50. The number of para-hydroxylation sites is 1. The highest BCUT2D eigenvalue weighted by molar-refractivity contribution is 6.42. The topological polar surface area (TPSA) is 35.2 Å². The van der Waals surface area contributed by atoms with Crippen LogP contribution >= 0.6 is 23.2 Å². The van der Waals surface area contributed by atoms with Gasteiger partial charge in [0.15, 0.2) is 0 Å². The fourth-order valence-electron chi connectivity index (χ4n) is 2.20. The predicted octanol–water partition coefficient (Wildman–Crippen LogP) is 4.11. The molecule has 0 radical (unpaired) electrons. The number of ether oxygens (including phenoxy) is 1. The number of benzene rings is 2. The minimum atomic E-state index is 0.00328. The summed E-state index contributed by atoms with van der Waals surface area (Å²) in [6.45, 7) is 0. The summed E-state index contributed by atoms with van der Waals surface area (Å²) in [6, 6.07) is 13.5. The van der Waals surface area contributed by atoms with E-state index >= 15 is 0 Å². The molecule has 1 atom stereocenters. The van der Waals surface area contributed by atoms with E-state index in [-0.39, 0.29) is 6.04 Å². The minimum Gasteiger partial charge on any atom is -0.496 e. The van der Waals surface area contributed by atoms with Crippen LogP contribution < -0.4 is 10.5 Å². The van der Waals surface area contributed by atoms with E-state index in [1.54, 1.807) is 13.2 Å². The van der Waals surface area contributed by atoms with Crippen LogP contribution in [0.15, 0.2) is 42.5 Å². The molecule has 0 aliphatic rings. The maximum Gasteiger partial charge on any atom is 0.122 e. The van der Waals surface area contributed by atoms with Crippen LogP contribution in [-0.4, -0.2) is 13.2 Å². The van der Waals surface area contributed by atoms with Crippen molar-refractivity contribution in [1.82, 2.24) is 0 Å². The van der Waals surface area contributed by atoms with E-state index in [0.29, 0.717) is 10.0 Å². The number of hydrogen-bond donors (Lipinski definition) is 1. The molecule has 4 heteroatoms. The molecule has 2 aromatic carbocycles. The van der Waals surface area contributed by atoms with E-state index in [1.807, 2.05) is 36.4 Å². The first-order valence-corrected chi connectivity index (χ1v) is 7.17. The summed E-state index contributed by atoms with van der Waals surface area (Å²) < 4.78 is 5.34. The Labute approximate surface area is 129 Å². The van der Waals surface area contributed by atoms with Gasteiger partial charge in [0, 0.05) is 6.04 Å². The van der Waals surface area contributed by atoms with E-state index in [0.717, 1.165) is 29.7 Å². The molecule has 0 saturated heterocycles. The van der Waals surface area contributed by atoms with Crippen LogP contribution in [0, 0.1) is 0 Å².